The van der Waals surface area contributed by atoms with Gasteiger partial charge in [-0.3, -0.25) is 4.79 Å². The summed E-state index contributed by atoms with van der Waals surface area (Å²) in [6.45, 7) is 2.29. The molecule has 0 heterocycles. The number of carboxylic acid groups (broad SMARTS) is 1. The summed E-state index contributed by atoms with van der Waals surface area (Å²) < 4.78 is 35.4. The zero-order valence-electron chi connectivity index (χ0n) is 18.1. The fraction of sp³-hybridized carbons (Fsp3) is 0.0800. The van der Waals surface area contributed by atoms with Crippen LogP contribution >= 0.6 is 0 Å². The fourth-order valence-electron chi connectivity index (χ4n) is 3.41. The van der Waals surface area contributed by atoms with E-state index < -0.39 is 16.0 Å². The van der Waals surface area contributed by atoms with E-state index in [1.807, 2.05) is 6.92 Å². The van der Waals surface area contributed by atoms with Crippen LogP contribution in [0.15, 0.2) is 93.9 Å². The number of Topliss-reactive ketones (excluding diaryl/α,β-unsaturated/α-hetero) is 1. The van der Waals surface area contributed by atoms with E-state index in [0.717, 1.165) is 0 Å². The fourth-order valence-corrected chi connectivity index (χ4v) is 4.40. The summed E-state index contributed by atoms with van der Waals surface area (Å²) in [6, 6.07) is 18.4. The van der Waals surface area contributed by atoms with Gasteiger partial charge in [0.25, 0.3) is 10.0 Å². The molecule has 4 rings (SSSR count). The van der Waals surface area contributed by atoms with Crippen molar-refractivity contribution in [1.29, 1.82) is 0 Å². The van der Waals surface area contributed by atoms with Gasteiger partial charge in [-0.05, 0) is 61.5 Å². The van der Waals surface area contributed by atoms with Crippen LogP contribution in [0.3, 0.4) is 0 Å². The summed E-state index contributed by atoms with van der Waals surface area (Å²) in [5, 5.41) is 12.0. The molecule has 0 bridgehead atoms. The zero-order chi connectivity index (χ0) is 24.3. The Hall–Kier alpha value is -4.24. The second kappa shape index (κ2) is 9.32. The maximum atomic E-state index is 13.0. The third-order valence-electron chi connectivity index (χ3n) is 5.04. The van der Waals surface area contributed by atoms with Crippen LogP contribution in [-0.2, 0) is 10.0 Å². The van der Waals surface area contributed by atoms with Gasteiger partial charge in [-0.15, -0.1) is 0 Å². The molecule has 34 heavy (non-hydrogen) atoms. The predicted molar refractivity (Wildman–Crippen MR) is 127 cm³/mol. The molecule has 0 amide bonds. The minimum atomic E-state index is -4.08. The summed E-state index contributed by atoms with van der Waals surface area (Å²) in [5.74, 6) is -0.860. The summed E-state index contributed by atoms with van der Waals surface area (Å²) in [4.78, 5) is 24.1. The molecular formula is C25H20N2O6S. The molecule has 8 nitrogen and oxygen atoms in total. The number of aromatic carboxylic acids is 1. The van der Waals surface area contributed by atoms with Crippen molar-refractivity contribution in [2.24, 2.45) is 4.40 Å². The van der Waals surface area contributed by atoms with Crippen LogP contribution in [0.5, 0.6) is 5.75 Å². The summed E-state index contributed by atoms with van der Waals surface area (Å²) in [6.07, 6.45) is 1.38. The van der Waals surface area contributed by atoms with Crippen molar-refractivity contribution >= 4 is 33.2 Å². The quantitative estimate of drug-likeness (QED) is 0.525. The maximum absolute atomic E-state index is 13.0. The molecule has 2 N–H and O–H groups in total. The highest BCUT2D eigenvalue weighted by Crippen LogP contribution is 2.26. The van der Waals surface area contributed by atoms with Gasteiger partial charge >= 0.3 is 5.97 Å². The Morgan fingerprint density at radius 2 is 1.62 bits per heavy atom. The van der Waals surface area contributed by atoms with E-state index in [1.165, 1.54) is 42.5 Å². The molecule has 3 aromatic rings. The number of sulfonamides is 1. The second-order valence-corrected chi connectivity index (χ2v) is 8.90. The number of carboxylic acids is 1. The van der Waals surface area contributed by atoms with E-state index in [9.17, 15) is 18.0 Å². The van der Waals surface area contributed by atoms with Crippen molar-refractivity contribution in [3.63, 3.8) is 0 Å². The Kier molecular flexibility index (Phi) is 6.29. The lowest BCUT2D eigenvalue weighted by atomic mass is 9.92. The third kappa shape index (κ3) is 4.74. The number of nitrogens with zero attached hydrogens (tertiary/aromatic N) is 1. The smallest absolute Gasteiger partial charge is 0.335 e. The number of nitrogens with one attached hydrogen (secondary N) is 1. The van der Waals surface area contributed by atoms with E-state index in [2.05, 4.69) is 9.71 Å². The Balaban J connectivity index is 1.73. The molecule has 0 atom stereocenters. The Labute approximate surface area is 196 Å². The highest BCUT2D eigenvalue weighted by atomic mass is 32.2. The number of anilines is 1. The normalized spacial score (nSPS) is 14.3. The molecule has 1 aliphatic carbocycles. The number of ketones is 1. The van der Waals surface area contributed by atoms with E-state index in [1.54, 1.807) is 36.4 Å². The van der Waals surface area contributed by atoms with Crippen LogP contribution in [0.4, 0.5) is 5.69 Å². The van der Waals surface area contributed by atoms with Crippen molar-refractivity contribution in [2.75, 3.05) is 11.9 Å². The lowest BCUT2D eigenvalue weighted by Crippen LogP contribution is -2.22. The van der Waals surface area contributed by atoms with Gasteiger partial charge in [0.15, 0.2) is 0 Å². The lowest BCUT2D eigenvalue weighted by molar-refractivity contribution is 0.0696. The predicted octanol–water partition coefficient (Wildman–Crippen LogP) is 4.15. The van der Waals surface area contributed by atoms with Gasteiger partial charge in [0.2, 0.25) is 5.78 Å². The zero-order valence-corrected chi connectivity index (χ0v) is 18.9. The molecule has 0 fully saturated rings. The van der Waals surface area contributed by atoms with Gasteiger partial charge in [0.05, 0.1) is 28.5 Å². The topological polar surface area (TPSA) is 122 Å². The molecule has 9 heteroatoms. The van der Waals surface area contributed by atoms with Gasteiger partial charge in [0, 0.05) is 16.8 Å². The van der Waals surface area contributed by atoms with Crippen LogP contribution in [0, 0.1) is 0 Å². The van der Waals surface area contributed by atoms with Crippen molar-refractivity contribution < 1.29 is 27.9 Å². The van der Waals surface area contributed by atoms with E-state index in [4.69, 9.17) is 9.84 Å². The van der Waals surface area contributed by atoms with Crippen molar-refractivity contribution in [1.82, 2.24) is 0 Å². The van der Waals surface area contributed by atoms with Crippen LogP contribution in [-0.4, -0.2) is 37.6 Å². The molecule has 0 spiro atoms. The summed E-state index contributed by atoms with van der Waals surface area (Å²) in [5.41, 5.74) is 1.49. The highest BCUT2D eigenvalue weighted by molar-refractivity contribution is 7.90. The Morgan fingerprint density at radius 1 is 0.971 bits per heavy atom. The number of hydrogen-bond donors (Lipinski definition) is 2. The number of carbonyl (C=O) groups is 2. The molecule has 0 saturated carbocycles. The number of rotatable bonds is 7. The van der Waals surface area contributed by atoms with E-state index in [-0.39, 0.29) is 27.7 Å². The van der Waals surface area contributed by atoms with Crippen LogP contribution in [0.25, 0.3) is 0 Å². The molecule has 0 unspecified atom stereocenters. The number of fused-ring (bicyclic) bond motifs is 1. The average Bonchev–Trinajstić information content (AvgIpc) is 2.83. The van der Waals surface area contributed by atoms with Crippen molar-refractivity contribution in [3.05, 3.63) is 101 Å². The maximum Gasteiger partial charge on any atom is 0.335 e. The lowest BCUT2D eigenvalue weighted by Gasteiger charge is -2.19. The Morgan fingerprint density at radius 3 is 2.24 bits per heavy atom. The molecule has 172 valence electrons. The molecular weight excluding hydrogens is 456 g/mol. The first kappa shape index (κ1) is 22.9. The SMILES string of the molecule is CCOc1ccc(S(=O)(=O)N=C2C=C(Nc3ccc(C(=O)O)cc3)C(=O)c3ccccc32)cc1. The second-order valence-electron chi connectivity index (χ2n) is 7.30. The molecule has 1 aliphatic rings. The van der Waals surface area contributed by atoms with E-state index >= 15 is 0 Å². The average molecular weight is 477 g/mol. The molecule has 0 aromatic heterocycles. The summed E-state index contributed by atoms with van der Waals surface area (Å²) in [7, 11) is -4.08. The monoisotopic (exact) mass is 476 g/mol. The molecule has 0 saturated heterocycles. The first-order valence-corrected chi connectivity index (χ1v) is 11.8. The largest absolute Gasteiger partial charge is 0.494 e. The van der Waals surface area contributed by atoms with Crippen LogP contribution in [0.2, 0.25) is 0 Å². The summed E-state index contributed by atoms with van der Waals surface area (Å²) >= 11 is 0. The molecule has 3 aromatic carbocycles. The molecule has 0 radical (unpaired) electrons. The number of hydrogen-bond acceptors (Lipinski definition) is 6. The van der Waals surface area contributed by atoms with Gasteiger partial charge in [-0.1, -0.05) is 24.3 Å². The van der Waals surface area contributed by atoms with Crippen molar-refractivity contribution in [3.8, 4) is 5.75 Å². The highest BCUT2D eigenvalue weighted by Gasteiger charge is 2.26. The number of ether oxygens (including phenoxy) is 1. The molecule has 0 aliphatic heterocycles. The standard InChI is InChI=1S/C25H20N2O6S/c1-2-33-18-11-13-19(14-12-18)34(31,32)27-22-15-23(24(28)21-6-4-3-5-20(21)22)26-17-9-7-16(8-10-17)25(29)30/h3-15,26H,2H2,1H3,(H,29,30). The third-order valence-corrected chi connectivity index (χ3v) is 6.34. The minimum absolute atomic E-state index is 0.00926. The van der Waals surface area contributed by atoms with Crippen LogP contribution < -0.4 is 10.1 Å². The van der Waals surface area contributed by atoms with E-state index in [0.29, 0.717) is 29.2 Å². The number of carbonyl (C=O) groups excluding carboxylic acids is 1. The van der Waals surface area contributed by atoms with Crippen molar-refractivity contribution in [2.45, 2.75) is 11.8 Å². The first-order chi connectivity index (χ1) is 16.3. The minimum Gasteiger partial charge on any atom is -0.494 e. The Bertz CT molecular complexity index is 1420. The van der Waals surface area contributed by atoms with Gasteiger partial charge in [-0.2, -0.15) is 12.8 Å². The van der Waals surface area contributed by atoms with Gasteiger partial charge < -0.3 is 15.2 Å². The van der Waals surface area contributed by atoms with Crippen LogP contribution in [0.1, 0.15) is 33.2 Å². The number of benzene rings is 3. The number of allylic oxidation sites excluding steroid dienone is 2. The van der Waals surface area contributed by atoms with Gasteiger partial charge in [-0.25, -0.2) is 4.79 Å². The first-order valence-electron chi connectivity index (χ1n) is 10.3. The van der Waals surface area contributed by atoms with Gasteiger partial charge in [0.1, 0.15) is 5.75 Å².